The van der Waals surface area contributed by atoms with E-state index in [1.165, 1.54) is 18.9 Å². The van der Waals surface area contributed by atoms with Crippen LogP contribution in [0.5, 0.6) is 0 Å². The Bertz CT molecular complexity index is 719. The quantitative estimate of drug-likeness (QED) is 0.767. The highest BCUT2D eigenvalue weighted by molar-refractivity contribution is 5.91. The molecule has 3 heterocycles. The lowest BCUT2D eigenvalue weighted by molar-refractivity contribution is -0.116. The summed E-state index contributed by atoms with van der Waals surface area (Å²) >= 11 is 0. The molecule has 0 aliphatic carbocycles. The molecule has 1 saturated heterocycles. The topological polar surface area (TPSA) is 74.5 Å². The van der Waals surface area contributed by atoms with Crippen LogP contribution in [0.1, 0.15) is 30.2 Å². The summed E-state index contributed by atoms with van der Waals surface area (Å²) in [7, 11) is 3.77. The van der Waals surface area contributed by atoms with Gasteiger partial charge in [-0.1, -0.05) is 0 Å². The maximum atomic E-state index is 12.2. The van der Waals surface area contributed by atoms with E-state index in [9.17, 15) is 4.79 Å². The minimum absolute atomic E-state index is 0.0764. The third kappa shape index (κ3) is 4.70. The van der Waals surface area contributed by atoms with Crippen molar-refractivity contribution in [1.29, 1.82) is 0 Å². The zero-order chi connectivity index (χ0) is 18.4. The number of aromatic nitrogens is 2. The molecule has 0 aromatic carbocycles. The van der Waals surface area contributed by atoms with Crippen LogP contribution in [0.25, 0.3) is 6.08 Å². The van der Waals surface area contributed by atoms with Crippen molar-refractivity contribution in [3.63, 3.8) is 0 Å². The number of rotatable bonds is 7. The zero-order valence-corrected chi connectivity index (χ0v) is 15.3. The summed E-state index contributed by atoms with van der Waals surface area (Å²) in [5, 5.41) is 2.97. The molecule has 0 radical (unpaired) electrons. The van der Waals surface area contributed by atoms with Gasteiger partial charge in [0.2, 0.25) is 11.9 Å². The van der Waals surface area contributed by atoms with Crippen LogP contribution >= 0.6 is 0 Å². The van der Waals surface area contributed by atoms with Crippen molar-refractivity contribution in [2.75, 3.05) is 38.6 Å². The van der Waals surface area contributed by atoms with E-state index in [1.54, 1.807) is 24.7 Å². The third-order valence-electron chi connectivity index (χ3n) is 4.41. The minimum Gasteiger partial charge on any atom is -0.468 e. The van der Waals surface area contributed by atoms with E-state index < -0.39 is 0 Å². The number of carbonyl (C=O) groups is 1. The van der Waals surface area contributed by atoms with Gasteiger partial charge in [0.25, 0.3) is 0 Å². The molecule has 1 unspecified atom stereocenters. The van der Waals surface area contributed by atoms with Gasteiger partial charge in [0.05, 0.1) is 12.3 Å². The maximum absolute atomic E-state index is 12.2. The molecule has 3 rings (SSSR count). The van der Waals surface area contributed by atoms with E-state index in [4.69, 9.17) is 4.42 Å². The normalized spacial score (nSPS) is 16.1. The molecule has 1 atom stereocenters. The molecule has 1 fully saturated rings. The van der Waals surface area contributed by atoms with Gasteiger partial charge in [-0.05, 0) is 44.1 Å². The van der Waals surface area contributed by atoms with Gasteiger partial charge >= 0.3 is 0 Å². The lowest BCUT2D eigenvalue weighted by atomic mass is 10.2. The predicted octanol–water partition coefficient (Wildman–Crippen LogP) is 2.10. The van der Waals surface area contributed by atoms with Gasteiger partial charge in [-0.15, -0.1) is 0 Å². The fourth-order valence-corrected chi connectivity index (χ4v) is 3.02. The minimum atomic E-state index is -0.141. The SMILES string of the molecule is CN(C)c1ncc(/C=C/C(=O)NCC(c2ccco2)N2CCCC2)cn1. The molecule has 2 aromatic heterocycles. The third-order valence-corrected chi connectivity index (χ3v) is 4.41. The number of carbonyl (C=O) groups excluding carboxylic acids is 1. The van der Waals surface area contributed by atoms with Crippen LogP contribution in [0, 0.1) is 0 Å². The molecular weight excluding hydrogens is 330 g/mol. The molecule has 2 aromatic rings. The summed E-state index contributed by atoms with van der Waals surface area (Å²) in [5.74, 6) is 1.39. The summed E-state index contributed by atoms with van der Waals surface area (Å²) in [6.45, 7) is 2.59. The number of nitrogens with one attached hydrogen (secondary N) is 1. The molecule has 7 nitrogen and oxygen atoms in total. The second-order valence-corrected chi connectivity index (χ2v) is 6.56. The Morgan fingerprint density at radius 3 is 2.69 bits per heavy atom. The first-order valence-electron chi connectivity index (χ1n) is 8.86. The molecule has 0 spiro atoms. The fraction of sp³-hybridized carbons (Fsp3) is 0.421. The van der Waals surface area contributed by atoms with Gasteiger partial charge in [0, 0.05) is 44.7 Å². The average molecular weight is 355 g/mol. The van der Waals surface area contributed by atoms with Gasteiger partial charge in [-0.2, -0.15) is 0 Å². The fourth-order valence-electron chi connectivity index (χ4n) is 3.02. The zero-order valence-electron chi connectivity index (χ0n) is 15.3. The number of hydrogen-bond acceptors (Lipinski definition) is 6. The predicted molar refractivity (Wildman–Crippen MR) is 101 cm³/mol. The second kappa shape index (κ2) is 8.62. The Kier molecular flexibility index (Phi) is 6.01. The van der Waals surface area contributed by atoms with E-state index >= 15 is 0 Å². The Morgan fingerprint density at radius 2 is 2.08 bits per heavy atom. The number of nitrogens with zero attached hydrogens (tertiary/aromatic N) is 4. The number of amides is 1. The van der Waals surface area contributed by atoms with Crippen molar-refractivity contribution in [2.45, 2.75) is 18.9 Å². The van der Waals surface area contributed by atoms with Crippen molar-refractivity contribution < 1.29 is 9.21 Å². The monoisotopic (exact) mass is 355 g/mol. The molecule has 0 saturated carbocycles. The van der Waals surface area contributed by atoms with Gasteiger partial charge in [-0.3, -0.25) is 9.69 Å². The van der Waals surface area contributed by atoms with Crippen LogP contribution in [-0.4, -0.2) is 54.5 Å². The lowest BCUT2D eigenvalue weighted by Gasteiger charge is -2.25. The smallest absolute Gasteiger partial charge is 0.244 e. The van der Waals surface area contributed by atoms with E-state index in [2.05, 4.69) is 20.2 Å². The first-order chi connectivity index (χ1) is 12.6. The Morgan fingerprint density at radius 1 is 1.35 bits per heavy atom. The molecule has 0 bridgehead atoms. The molecular formula is C19H25N5O2. The van der Waals surface area contributed by atoms with E-state index in [-0.39, 0.29) is 11.9 Å². The average Bonchev–Trinajstić information content (AvgIpc) is 3.35. The van der Waals surface area contributed by atoms with Crippen molar-refractivity contribution in [3.8, 4) is 0 Å². The number of anilines is 1. The van der Waals surface area contributed by atoms with Gasteiger partial charge in [0.15, 0.2) is 0 Å². The summed E-state index contributed by atoms with van der Waals surface area (Å²) in [6, 6.07) is 3.93. The van der Waals surface area contributed by atoms with Crippen molar-refractivity contribution in [2.24, 2.45) is 0 Å². The Balaban J connectivity index is 1.56. The summed E-state index contributed by atoms with van der Waals surface area (Å²) in [6.07, 6.45) is 10.7. The molecule has 138 valence electrons. The summed E-state index contributed by atoms with van der Waals surface area (Å²) < 4.78 is 5.57. The molecule has 1 aliphatic heterocycles. The molecule has 26 heavy (non-hydrogen) atoms. The van der Waals surface area contributed by atoms with Crippen LogP contribution < -0.4 is 10.2 Å². The summed E-state index contributed by atoms with van der Waals surface area (Å²) in [4.78, 5) is 24.8. The number of likely N-dealkylation sites (tertiary alicyclic amines) is 1. The van der Waals surface area contributed by atoms with Crippen LogP contribution in [0.3, 0.4) is 0 Å². The van der Waals surface area contributed by atoms with Crippen molar-refractivity contribution >= 4 is 17.9 Å². The molecule has 1 N–H and O–H groups in total. The Hall–Kier alpha value is -2.67. The highest BCUT2D eigenvalue weighted by atomic mass is 16.3. The highest BCUT2D eigenvalue weighted by Gasteiger charge is 2.25. The first kappa shape index (κ1) is 18.1. The van der Waals surface area contributed by atoms with Crippen molar-refractivity contribution in [3.05, 3.63) is 48.2 Å². The molecule has 1 aliphatic rings. The number of hydrogen-bond donors (Lipinski definition) is 1. The van der Waals surface area contributed by atoms with E-state index in [1.807, 2.05) is 31.1 Å². The second-order valence-electron chi connectivity index (χ2n) is 6.56. The first-order valence-corrected chi connectivity index (χ1v) is 8.86. The van der Waals surface area contributed by atoms with Crippen LogP contribution in [0.15, 0.2) is 41.3 Å². The lowest BCUT2D eigenvalue weighted by Crippen LogP contribution is -2.36. The van der Waals surface area contributed by atoms with Gasteiger partial charge < -0.3 is 14.6 Å². The summed E-state index contributed by atoms with van der Waals surface area (Å²) in [5.41, 5.74) is 0.785. The van der Waals surface area contributed by atoms with E-state index in [0.717, 1.165) is 24.4 Å². The maximum Gasteiger partial charge on any atom is 0.244 e. The highest BCUT2D eigenvalue weighted by Crippen LogP contribution is 2.24. The molecule has 7 heteroatoms. The Labute approximate surface area is 153 Å². The van der Waals surface area contributed by atoms with Crippen molar-refractivity contribution in [1.82, 2.24) is 20.2 Å². The standard InChI is InChI=1S/C19H25N5O2/c1-23(2)19-21-12-15(13-22-19)7-8-18(25)20-14-16(17-6-5-11-26-17)24-9-3-4-10-24/h5-8,11-13,16H,3-4,9-10,14H2,1-2H3,(H,20,25)/b8-7+. The number of furan rings is 1. The van der Waals surface area contributed by atoms with Gasteiger partial charge in [-0.25, -0.2) is 9.97 Å². The molecule has 1 amide bonds. The van der Waals surface area contributed by atoms with Crippen LogP contribution in [-0.2, 0) is 4.79 Å². The van der Waals surface area contributed by atoms with E-state index in [0.29, 0.717) is 12.5 Å². The van der Waals surface area contributed by atoms with Gasteiger partial charge in [0.1, 0.15) is 5.76 Å². The largest absolute Gasteiger partial charge is 0.468 e. The van der Waals surface area contributed by atoms with Crippen LogP contribution in [0.4, 0.5) is 5.95 Å². The van der Waals surface area contributed by atoms with Crippen LogP contribution in [0.2, 0.25) is 0 Å².